The van der Waals surface area contributed by atoms with Gasteiger partial charge in [0.25, 0.3) is 5.91 Å². The summed E-state index contributed by atoms with van der Waals surface area (Å²) < 4.78 is 11.1. The fourth-order valence-corrected chi connectivity index (χ4v) is 1.98. The molecule has 2 rings (SSSR count). The molecule has 0 unspecified atom stereocenters. The monoisotopic (exact) mass is 299 g/mol. The number of primary amides is 1. The summed E-state index contributed by atoms with van der Waals surface area (Å²) in [6.45, 7) is 1.97. The predicted molar refractivity (Wildman–Crippen MR) is 82.4 cm³/mol. The molecule has 0 atom stereocenters. The molecular weight excluding hydrogens is 282 g/mol. The third kappa shape index (κ3) is 3.85. The topological polar surface area (TPSA) is 78.6 Å². The van der Waals surface area contributed by atoms with Gasteiger partial charge in [0.15, 0.2) is 5.78 Å². The number of ketones is 1. The lowest BCUT2D eigenvalue weighted by molar-refractivity contribution is 0.0988. The van der Waals surface area contributed by atoms with Crippen molar-refractivity contribution < 1.29 is 19.1 Å². The Morgan fingerprint density at radius 2 is 1.32 bits per heavy atom. The number of ether oxygens (including phenoxy) is 2. The van der Waals surface area contributed by atoms with Crippen molar-refractivity contribution in [2.75, 3.05) is 13.2 Å². The highest BCUT2D eigenvalue weighted by molar-refractivity contribution is 5.96. The summed E-state index contributed by atoms with van der Waals surface area (Å²) in [6.07, 6.45) is 0. The summed E-state index contributed by atoms with van der Waals surface area (Å²) in [4.78, 5) is 22.7. The van der Waals surface area contributed by atoms with Crippen molar-refractivity contribution in [3.63, 3.8) is 0 Å². The molecule has 0 bridgehead atoms. The van der Waals surface area contributed by atoms with Gasteiger partial charge < -0.3 is 15.2 Å². The number of rotatable bonds is 7. The lowest BCUT2D eigenvalue weighted by atomic mass is 10.1. The van der Waals surface area contributed by atoms with Crippen LogP contribution in [0.3, 0.4) is 0 Å². The van der Waals surface area contributed by atoms with Crippen molar-refractivity contribution in [2.24, 2.45) is 5.73 Å². The molecule has 0 aromatic heterocycles. The second-order valence-electron chi connectivity index (χ2n) is 4.61. The molecule has 0 spiro atoms. The molecule has 0 saturated heterocycles. The maximum absolute atomic E-state index is 11.5. The zero-order chi connectivity index (χ0) is 15.9. The fourth-order valence-electron chi connectivity index (χ4n) is 1.98. The molecule has 22 heavy (non-hydrogen) atoms. The van der Waals surface area contributed by atoms with Crippen LogP contribution in [-0.2, 0) is 0 Å². The maximum Gasteiger partial charge on any atom is 0.252 e. The van der Waals surface area contributed by atoms with E-state index in [4.69, 9.17) is 15.2 Å². The lowest BCUT2D eigenvalue weighted by Crippen LogP contribution is -2.15. The number of benzene rings is 2. The standard InChI is InChI=1S/C17H17NO4/c1-12(19)13-6-2-4-8-15(13)21-10-11-22-16-9-5-3-7-14(16)17(18)20/h2-9H,10-11H2,1H3,(H2,18,20). The lowest BCUT2D eigenvalue weighted by Gasteiger charge is -2.12. The minimum atomic E-state index is -0.543. The number of nitrogens with two attached hydrogens (primary N) is 1. The number of carbonyl (C=O) groups excluding carboxylic acids is 2. The predicted octanol–water partition coefficient (Wildman–Crippen LogP) is 2.45. The summed E-state index contributed by atoms with van der Waals surface area (Å²) in [7, 11) is 0. The van der Waals surface area contributed by atoms with Gasteiger partial charge in [0.2, 0.25) is 0 Å². The van der Waals surface area contributed by atoms with E-state index in [1.54, 1.807) is 48.5 Å². The molecule has 0 radical (unpaired) electrons. The quantitative estimate of drug-likeness (QED) is 0.629. The first kappa shape index (κ1) is 15.6. The molecule has 2 aromatic rings. The Kier molecular flexibility index (Phi) is 5.14. The molecule has 2 aromatic carbocycles. The highest BCUT2D eigenvalue weighted by Crippen LogP contribution is 2.19. The van der Waals surface area contributed by atoms with Gasteiger partial charge in [-0.2, -0.15) is 0 Å². The largest absolute Gasteiger partial charge is 0.489 e. The van der Waals surface area contributed by atoms with Crippen molar-refractivity contribution in [3.8, 4) is 11.5 Å². The Morgan fingerprint density at radius 1 is 0.864 bits per heavy atom. The third-order valence-electron chi connectivity index (χ3n) is 3.02. The fraction of sp³-hybridized carbons (Fsp3) is 0.176. The minimum Gasteiger partial charge on any atom is -0.489 e. The first-order valence-electron chi connectivity index (χ1n) is 6.84. The molecule has 1 amide bonds. The van der Waals surface area contributed by atoms with Gasteiger partial charge in [-0.1, -0.05) is 24.3 Å². The second-order valence-corrected chi connectivity index (χ2v) is 4.61. The van der Waals surface area contributed by atoms with E-state index in [0.29, 0.717) is 22.6 Å². The molecule has 0 saturated carbocycles. The summed E-state index contributed by atoms with van der Waals surface area (Å²) in [6, 6.07) is 13.8. The van der Waals surface area contributed by atoms with Gasteiger partial charge in [0, 0.05) is 0 Å². The number of para-hydroxylation sites is 2. The zero-order valence-electron chi connectivity index (χ0n) is 12.2. The Labute approximate surface area is 128 Å². The van der Waals surface area contributed by atoms with Gasteiger partial charge in [-0.05, 0) is 31.2 Å². The van der Waals surface area contributed by atoms with Crippen LogP contribution >= 0.6 is 0 Å². The SMILES string of the molecule is CC(=O)c1ccccc1OCCOc1ccccc1C(N)=O. The summed E-state index contributed by atoms with van der Waals surface area (Å²) in [5, 5.41) is 0. The molecular formula is C17H17NO4. The van der Waals surface area contributed by atoms with Crippen LogP contribution in [0.4, 0.5) is 0 Å². The van der Waals surface area contributed by atoms with Crippen LogP contribution in [-0.4, -0.2) is 24.9 Å². The van der Waals surface area contributed by atoms with E-state index in [2.05, 4.69) is 0 Å². The van der Waals surface area contributed by atoms with E-state index in [9.17, 15) is 9.59 Å². The van der Waals surface area contributed by atoms with Gasteiger partial charge in [-0.3, -0.25) is 9.59 Å². The Balaban J connectivity index is 1.93. The number of Topliss-reactive ketones (excluding diaryl/α,β-unsaturated/α-hetero) is 1. The van der Waals surface area contributed by atoms with Crippen LogP contribution in [0.2, 0.25) is 0 Å². The Hall–Kier alpha value is -2.82. The highest BCUT2D eigenvalue weighted by atomic mass is 16.5. The molecule has 5 nitrogen and oxygen atoms in total. The van der Waals surface area contributed by atoms with Crippen LogP contribution in [0.15, 0.2) is 48.5 Å². The number of hydrogen-bond donors (Lipinski definition) is 1. The molecule has 2 N–H and O–H groups in total. The van der Waals surface area contributed by atoms with E-state index in [-0.39, 0.29) is 19.0 Å². The van der Waals surface area contributed by atoms with Crippen LogP contribution in [0.5, 0.6) is 11.5 Å². The van der Waals surface area contributed by atoms with Crippen molar-refractivity contribution in [2.45, 2.75) is 6.92 Å². The first-order chi connectivity index (χ1) is 10.6. The Morgan fingerprint density at radius 3 is 1.82 bits per heavy atom. The summed E-state index contributed by atoms with van der Waals surface area (Å²) in [5.41, 5.74) is 6.13. The van der Waals surface area contributed by atoms with E-state index < -0.39 is 5.91 Å². The van der Waals surface area contributed by atoms with Gasteiger partial charge in [0.1, 0.15) is 24.7 Å². The van der Waals surface area contributed by atoms with E-state index in [0.717, 1.165) is 0 Å². The van der Waals surface area contributed by atoms with Crippen molar-refractivity contribution in [1.29, 1.82) is 0 Å². The van der Waals surface area contributed by atoms with E-state index >= 15 is 0 Å². The smallest absolute Gasteiger partial charge is 0.252 e. The maximum atomic E-state index is 11.5. The van der Waals surface area contributed by atoms with Crippen LogP contribution in [0.25, 0.3) is 0 Å². The highest BCUT2D eigenvalue weighted by Gasteiger charge is 2.09. The van der Waals surface area contributed by atoms with Crippen LogP contribution in [0, 0.1) is 0 Å². The minimum absolute atomic E-state index is 0.0596. The number of amides is 1. The van der Waals surface area contributed by atoms with Crippen molar-refractivity contribution >= 4 is 11.7 Å². The average Bonchev–Trinajstić information content (AvgIpc) is 2.52. The summed E-state index contributed by atoms with van der Waals surface area (Å²) in [5.74, 6) is 0.328. The summed E-state index contributed by atoms with van der Waals surface area (Å²) >= 11 is 0. The van der Waals surface area contributed by atoms with Gasteiger partial charge in [-0.15, -0.1) is 0 Å². The Bertz CT molecular complexity index is 622. The normalized spacial score (nSPS) is 10.0. The van der Waals surface area contributed by atoms with Crippen molar-refractivity contribution in [1.82, 2.24) is 0 Å². The molecule has 114 valence electrons. The molecule has 5 heteroatoms. The van der Waals surface area contributed by atoms with Crippen molar-refractivity contribution in [3.05, 3.63) is 59.7 Å². The van der Waals surface area contributed by atoms with E-state index in [1.165, 1.54) is 6.92 Å². The first-order valence-corrected chi connectivity index (χ1v) is 6.84. The molecule has 0 fully saturated rings. The second kappa shape index (κ2) is 7.26. The molecule has 0 aliphatic rings. The zero-order valence-corrected chi connectivity index (χ0v) is 12.2. The van der Waals surface area contributed by atoms with E-state index in [1.807, 2.05) is 0 Å². The molecule has 0 aliphatic carbocycles. The average molecular weight is 299 g/mol. The number of hydrogen-bond acceptors (Lipinski definition) is 4. The third-order valence-corrected chi connectivity index (χ3v) is 3.02. The van der Waals surface area contributed by atoms with Crippen LogP contribution < -0.4 is 15.2 Å². The van der Waals surface area contributed by atoms with Crippen LogP contribution in [0.1, 0.15) is 27.6 Å². The van der Waals surface area contributed by atoms with Gasteiger partial charge >= 0.3 is 0 Å². The number of carbonyl (C=O) groups is 2. The van der Waals surface area contributed by atoms with Gasteiger partial charge in [0.05, 0.1) is 11.1 Å². The molecule has 0 aliphatic heterocycles. The van der Waals surface area contributed by atoms with Gasteiger partial charge in [-0.25, -0.2) is 0 Å². The molecule has 0 heterocycles.